The van der Waals surface area contributed by atoms with Crippen molar-refractivity contribution in [2.45, 2.75) is 18.9 Å². The van der Waals surface area contributed by atoms with Crippen LogP contribution in [0.4, 0.5) is 0 Å². The van der Waals surface area contributed by atoms with E-state index in [1.807, 2.05) is 24.3 Å². The van der Waals surface area contributed by atoms with Crippen LogP contribution >= 0.6 is 39.9 Å². The molecule has 0 aromatic heterocycles. The van der Waals surface area contributed by atoms with Gasteiger partial charge in [0.05, 0.1) is 0 Å². The van der Waals surface area contributed by atoms with Crippen LogP contribution < -0.4 is 5.73 Å². The second-order valence-corrected chi connectivity index (χ2v) is 4.43. The van der Waals surface area contributed by atoms with Crippen molar-refractivity contribution in [3.05, 3.63) is 45.9 Å². The van der Waals surface area contributed by atoms with E-state index in [1.165, 1.54) is 0 Å². The number of rotatable bonds is 4. The molecule has 1 atom stereocenters. The maximum Gasteiger partial charge on any atom is 0.0410 e. The highest BCUT2D eigenvalue weighted by Gasteiger charge is 2.09. The fourth-order valence-electron chi connectivity index (χ4n) is 1.25. The highest BCUT2D eigenvalue weighted by atomic mass is 79.9. The van der Waals surface area contributed by atoms with Crippen LogP contribution in [0.2, 0.25) is 5.02 Å². The van der Waals surface area contributed by atoms with Gasteiger partial charge in [-0.3, -0.25) is 0 Å². The van der Waals surface area contributed by atoms with Gasteiger partial charge in [0.1, 0.15) is 0 Å². The Morgan fingerprint density at radius 3 is 2.80 bits per heavy atom. The summed E-state index contributed by atoms with van der Waals surface area (Å²) in [6.07, 6.45) is 3.68. The summed E-state index contributed by atoms with van der Waals surface area (Å²) in [6, 6.07) is 5.68. The van der Waals surface area contributed by atoms with Gasteiger partial charge in [-0.05, 0) is 36.6 Å². The fraction of sp³-hybridized carbons (Fsp3) is 0.273. The molecule has 0 saturated carbocycles. The van der Waals surface area contributed by atoms with Crippen molar-refractivity contribution < 1.29 is 0 Å². The second kappa shape index (κ2) is 7.29. The Morgan fingerprint density at radius 1 is 1.53 bits per heavy atom. The molecule has 2 N–H and O–H groups in total. The molecule has 0 aliphatic heterocycles. The number of benzene rings is 1. The minimum Gasteiger partial charge on any atom is -0.324 e. The standard InChI is InChI=1S/C11H13BrClN.ClH/c1-2-3-4-11(14)9-7-8(13)5-6-10(9)12;/h2,5-7,11H,1,3-4,14H2;1H/t11-;/m1./s1. The summed E-state index contributed by atoms with van der Waals surface area (Å²) in [5, 5.41) is 0.720. The second-order valence-electron chi connectivity index (χ2n) is 3.14. The average Bonchev–Trinajstić information content (AvgIpc) is 2.18. The van der Waals surface area contributed by atoms with Gasteiger partial charge in [-0.25, -0.2) is 0 Å². The molecule has 1 nitrogen and oxygen atoms in total. The minimum atomic E-state index is 0. The summed E-state index contributed by atoms with van der Waals surface area (Å²) >= 11 is 9.36. The van der Waals surface area contributed by atoms with Crippen molar-refractivity contribution in [1.29, 1.82) is 0 Å². The molecule has 4 heteroatoms. The Balaban J connectivity index is 0.00000196. The van der Waals surface area contributed by atoms with Gasteiger partial charge >= 0.3 is 0 Å². The largest absolute Gasteiger partial charge is 0.324 e. The molecule has 1 rings (SSSR count). The van der Waals surface area contributed by atoms with Crippen molar-refractivity contribution in [3.63, 3.8) is 0 Å². The van der Waals surface area contributed by atoms with Gasteiger partial charge in [-0.15, -0.1) is 19.0 Å². The third kappa shape index (κ3) is 4.56. The van der Waals surface area contributed by atoms with E-state index in [2.05, 4.69) is 22.5 Å². The maximum atomic E-state index is 6.01. The SMILES string of the molecule is C=CCC[C@@H](N)c1cc(Cl)ccc1Br.Cl. The molecule has 0 saturated heterocycles. The van der Waals surface area contributed by atoms with Gasteiger partial charge in [-0.1, -0.05) is 33.6 Å². The van der Waals surface area contributed by atoms with Crippen LogP contribution in [0.5, 0.6) is 0 Å². The lowest BCUT2D eigenvalue weighted by molar-refractivity contribution is 0.659. The van der Waals surface area contributed by atoms with E-state index in [1.54, 1.807) is 0 Å². The van der Waals surface area contributed by atoms with E-state index in [4.69, 9.17) is 17.3 Å². The van der Waals surface area contributed by atoms with Crippen LogP contribution in [0.3, 0.4) is 0 Å². The first kappa shape index (κ1) is 15.0. The Hall–Kier alpha value is -0.0200. The van der Waals surface area contributed by atoms with Gasteiger partial charge in [-0.2, -0.15) is 0 Å². The molecule has 0 bridgehead atoms. The van der Waals surface area contributed by atoms with E-state index >= 15 is 0 Å². The van der Waals surface area contributed by atoms with Crippen molar-refractivity contribution in [2.75, 3.05) is 0 Å². The topological polar surface area (TPSA) is 26.0 Å². The lowest BCUT2D eigenvalue weighted by Gasteiger charge is -2.13. The van der Waals surface area contributed by atoms with E-state index in [0.717, 1.165) is 27.9 Å². The monoisotopic (exact) mass is 309 g/mol. The van der Waals surface area contributed by atoms with Crippen LogP contribution in [0.15, 0.2) is 35.3 Å². The smallest absolute Gasteiger partial charge is 0.0410 e. The third-order valence-corrected chi connectivity index (χ3v) is 3.00. The Labute approximate surface area is 110 Å². The summed E-state index contributed by atoms with van der Waals surface area (Å²) in [5.41, 5.74) is 7.07. The summed E-state index contributed by atoms with van der Waals surface area (Å²) in [5.74, 6) is 0. The molecule has 0 fully saturated rings. The van der Waals surface area contributed by atoms with Crippen LogP contribution in [0.1, 0.15) is 24.4 Å². The predicted molar refractivity (Wildman–Crippen MR) is 72.8 cm³/mol. The van der Waals surface area contributed by atoms with Crippen LogP contribution in [-0.4, -0.2) is 0 Å². The zero-order chi connectivity index (χ0) is 10.6. The van der Waals surface area contributed by atoms with E-state index in [-0.39, 0.29) is 18.4 Å². The first-order valence-electron chi connectivity index (χ1n) is 4.46. The zero-order valence-corrected chi connectivity index (χ0v) is 11.4. The minimum absolute atomic E-state index is 0. The molecular weight excluding hydrogens is 297 g/mol. The Kier molecular flexibility index (Phi) is 7.28. The highest BCUT2D eigenvalue weighted by Crippen LogP contribution is 2.27. The molecule has 0 heterocycles. The normalized spacial score (nSPS) is 11.7. The van der Waals surface area contributed by atoms with Crippen molar-refractivity contribution in [1.82, 2.24) is 0 Å². The fourth-order valence-corrected chi connectivity index (χ4v) is 1.97. The first-order chi connectivity index (χ1) is 6.65. The predicted octanol–water partition coefficient (Wildman–Crippen LogP) is 4.49. The molecule has 0 radical (unpaired) electrons. The zero-order valence-electron chi connectivity index (χ0n) is 8.25. The number of nitrogens with two attached hydrogens (primary N) is 1. The maximum absolute atomic E-state index is 6.01. The molecule has 0 aliphatic rings. The van der Waals surface area contributed by atoms with Crippen LogP contribution in [0.25, 0.3) is 0 Å². The van der Waals surface area contributed by atoms with E-state index in [9.17, 15) is 0 Å². The molecule has 15 heavy (non-hydrogen) atoms. The summed E-state index contributed by atoms with van der Waals surface area (Å²) in [7, 11) is 0. The van der Waals surface area contributed by atoms with Crippen molar-refractivity contribution >= 4 is 39.9 Å². The number of halogens is 3. The van der Waals surface area contributed by atoms with Gasteiger partial charge in [0.25, 0.3) is 0 Å². The number of allylic oxidation sites excluding steroid dienone is 1. The molecule has 84 valence electrons. The summed E-state index contributed by atoms with van der Waals surface area (Å²) in [4.78, 5) is 0. The number of hydrogen-bond acceptors (Lipinski definition) is 1. The molecule has 0 spiro atoms. The number of hydrogen-bond donors (Lipinski definition) is 1. The van der Waals surface area contributed by atoms with Gasteiger partial charge in [0.2, 0.25) is 0 Å². The molecule has 0 aliphatic carbocycles. The molecule has 1 aromatic rings. The van der Waals surface area contributed by atoms with Gasteiger partial charge in [0, 0.05) is 15.5 Å². The Bertz CT molecular complexity index is 328. The third-order valence-electron chi connectivity index (χ3n) is 2.04. The van der Waals surface area contributed by atoms with Gasteiger partial charge in [0.15, 0.2) is 0 Å². The quantitative estimate of drug-likeness (QED) is 0.815. The van der Waals surface area contributed by atoms with Crippen LogP contribution in [-0.2, 0) is 0 Å². The lowest BCUT2D eigenvalue weighted by atomic mass is 10.0. The summed E-state index contributed by atoms with van der Waals surface area (Å²) in [6.45, 7) is 3.67. The highest BCUT2D eigenvalue weighted by molar-refractivity contribution is 9.10. The summed E-state index contributed by atoms with van der Waals surface area (Å²) < 4.78 is 1.01. The van der Waals surface area contributed by atoms with Crippen molar-refractivity contribution in [2.24, 2.45) is 5.73 Å². The first-order valence-corrected chi connectivity index (χ1v) is 5.63. The lowest BCUT2D eigenvalue weighted by Crippen LogP contribution is -2.10. The van der Waals surface area contributed by atoms with Crippen LogP contribution in [0, 0.1) is 0 Å². The molecule has 0 amide bonds. The molecule has 0 unspecified atom stereocenters. The van der Waals surface area contributed by atoms with Crippen molar-refractivity contribution in [3.8, 4) is 0 Å². The Morgan fingerprint density at radius 2 is 2.20 bits per heavy atom. The van der Waals surface area contributed by atoms with E-state index in [0.29, 0.717) is 0 Å². The average molecular weight is 311 g/mol. The van der Waals surface area contributed by atoms with Gasteiger partial charge < -0.3 is 5.73 Å². The molecular formula is C11H14BrCl2N. The van der Waals surface area contributed by atoms with E-state index < -0.39 is 0 Å². The molecule has 1 aromatic carbocycles.